The fourth-order valence-electron chi connectivity index (χ4n) is 6.29. The Bertz CT molecular complexity index is 1350. The Hall–Kier alpha value is -2.61. The summed E-state index contributed by atoms with van der Waals surface area (Å²) in [6, 6.07) is 26.7. The summed E-state index contributed by atoms with van der Waals surface area (Å²) in [4.78, 5) is 15.5. The highest BCUT2D eigenvalue weighted by Gasteiger charge is 2.65. The minimum Gasteiger partial charge on any atom is -0.494 e. The highest BCUT2D eigenvalue weighted by atomic mass is 32.3. The third kappa shape index (κ3) is 4.48. The van der Waals surface area contributed by atoms with Crippen LogP contribution in [0.5, 0.6) is 5.75 Å². The summed E-state index contributed by atoms with van der Waals surface area (Å²) in [5, 5.41) is 0. The lowest BCUT2D eigenvalue weighted by molar-refractivity contribution is -0.128. The lowest BCUT2D eigenvalue weighted by Crippen LogP contribution is -2.42. The molecule has 3 aromatic carbocycles. The largest absolute Gasteiger partial charge is 0.494 e. The number of fused-ring (bicyclic) bond motifs is 2. The molecule has 3 aromatic rings. The zero-order chi connectivity index (χ0) is 27.0. The Labute approximate surface area is 228 Å². The Morgan fingerprint density at radius 1 is 0.842 bits per heavy atom. The molecule has 2 saturated carbocycles. The van der Waals surface area contributed by atoms with Gasteiger partial charge in [-0.3, -0.25) is 4.79 Å². The molecule has 202 valence electrons. The molecule has 2 aliphatic carbocycles. The summed E-state index contributed by atoms with van der Waals surface area (Å²) in [6.45, 7) is 6.76. The van der Waals surface area contributed by atoms with E-state index in [2.05, 4.69) is 20.8 Å². The van der Waals surface area contributed by atoms with E-state index in [1.807, 2.05) is 84.9 Å². The van der Waals surface area contributed by atoms with Crippen LogP contribution in [0.2, 0.25) is 0 Å². The number of hydrogen-bond acceptors (Lipinski definition) is 5. The van der Waals surface area contributed by atoms with Crippen LogP contribution in [0.3, 0.4) is 0 Å². The maximum absolute atomic E-state index is 14.2. The molecule has 2 atom stereocenters. The van der Waals surface area contributed by atoms with Crippen molar-refractivity contribution in [2.24, 2.45) is 16.7 Å². The molecule has 0 radical (unpaired) electrons. The standard InChI is InChI=1S/C31H36O5S2/c1-4-21-35-25-15-17-28(18-16-25)38(26-11-7-5-8-12-26,27-13-9-6-10-14-27)36-37(33,34)23-31-20-19-24(22-29(31)32)30(31,2)3/h5-18,24H,4,19-23H2,1-3H3. The van der Waals surface area contributed by atoms with E-state index < -0.39 is 25.8 Å². The summed E-state index contributed by atoms with van der Waals surface area (Å²) in [5.74, 6) is 0.709. The number of benzene rings is 3. The first-order valence-electron chi connectivity index (χ1n) is 13.3. The molecule has 0 N–H and O–H groups in total. The van der Waals surface area contributed by atoms with Crippen molar-refractivity contribution >= 4 is 26.2 Å². The van der Waals surface area contributed by atoms with E-state index >= 15 is 0 Å². The highest BCUT2D eigenvalue weighted by molar-refractivity contribution is 8.33. The summed E-state index contributed by atoms with van der Waals surface area (Å²) in [6.07, 6.45) is 2.82. The average molecular weight is 553 g/mol. The monoisotopic (exact) mass is 552 g/mol. The molecule has 7 heteroatoms. The zero-order valence-corrected chi connectivity index (χ0v) is 23.9. The molecule has 0 aromatic heterocycles. The van der Waals surface area contributed by atoms with E-state index in [1.54, 1.807) is 0 Å². The number of Topliss-reactive ketones (excluding diaryl/α,β-unsaturated/α-hetero) is 1. The van der Waals surface area contributed by atoms with Gasteiger partial charge in [-0.1, -0.05) is 57.2 Å². The van der Waals surface area contributed by atoms with Crippen LogP contribution < -0.4 is 4.74 Å². The highest BCUT2D eigenvalue weighted by Crippen LogP contribution is 2.71. The molecule has 2 unspecified atom stereocenters. The maximum atomic E-state index is 14.2. The number of hydrogen-bond donors (Lipinski definition) is 0. The van der Waals surface area contributed by atoms with Gasteiger partial charge in [0, 0.05) is 21.1 Å². The first-order valence-corrected chi connectivity index (χ1v) is 16.4. The second-order valence-electron chi connectivity index (χ2n) is 10.9. The van der Waals surface area contributed by atoms with Crippen molar-refractivity contribution in [1.82, 2.24) is 0 Å². The van der Waals surface area contributed by atoms with Crippen molar-refractivity contribution in [1.29, 1.82) is 0 Å². The van der Waals surface area contributed by atoms with E-state index in [-0.39, 0.29) is 22.9 Å². The molecule has 0 saturated heterocycles. The van der Waals surface area contributed by atoms with Gasteiger partial charge in [-0.25, -0.2) is 3.63 Å². The van der Waals surface area contributed by atoms with Crippen LogP contribution in [-0.2, 0) is 18.5 Å². The number of ether oxygens (including phenoxy) is 1. The Morgan fingerprint density at radius 2 is 1.39 bits per heavy atom. The van der Waals surface area contributed by atoms with Crippen LogP contribution in [0.1, 0.15) is 46.5 Å². The van der Waals surface area contributed by atoms with E-state index in [0.717, 1.165) is 33.3 Å². The van der Waals surface area contributed by atoms with Gasteiger partial charge in [0.15, 0.2) is 0 Å². The van der Waals surface area contributed by atoms with Crippen LogP contribution in [0.15, 0.2) is 99.6 Å². The van der Waals surface area contributed by atoms with Gasteiger partial charge in [-0.2, -0.15) is 8.42 Å². The summed E-state index contributed by atoms with van der Waals surface area (Å²) < 4.78 is 40.7. The molecule has 0 aliphatic heterocycles. The van der Waals surface area contributed by atoms with Crippen LogP contribution in [0.25, 0.3) is 0 Å². The zero-order valence-electron chi connectivity index (χ0n) is 22.3. The third-order valence-corrected chi connectivity index (χ3v) is 13.8. The quantitative estimate of drug-likeness (QED) is 0.262. The molecule has 0 heterocycles. The van der Waals surface area contributed by atoms with Crippen LogP contribution >= 0.6 is 10.3 Å². The van der Waals surface area contributed by atoms with Crippen molar-refractivity contribution in [3.63, 3.8) is 0 Å². The lowest BCUT2D eigenvalue weighted by Gasteiger charge is -2.41. The third-order valence-electron chi connectivity index (χ3n) is 8.55. The SMILES string of the molecule is CCCOc1ccc(S(OS(=O)(=O)CC23CCC(CC2=O)C3(C)C)(c2ccccc2)c2ccccc2)cc1. The smallest absolute Gasteiger partial charge is 0.278 e. The van der Waals surface area contributed by atoms with Crippen LogP contribution in [-0.4, -0.2) is 26.6 Å². The van der Waals surface area contributed by atoms with E-state index in [0.29, 0.717) is 19.4 Å². The van der Waals surface area contributed by atoms with Crippen molar-refractivity contribution in [3.8, 4) is 5.75 Å². The Balaban J connectivity index is 1.64. The molecule has 0 spiro atoms. The first-order chi connectivity index (χ1) is 18.1. The van der Waals surface area contributed by atoms with Crippen molar-refractivity contribution in [2.45, 2.75) is 61.1 Å². The van der Waals surface area contributed by atoms with Gasteiger partial charge < -0.3 is 4.74 Å². The number of ketones is 1. The summed E-state index contributed by atoms with van der Waals surface area (Å²) in [5.41, 5.74) is -1.29. The molecular weight excluding hydrogens is 516 g/mol. The topological polar surface area (TPSA) is 69.7 Å². The first kappa shape index (κ1) is 27.0. The van der Waals surface area contributed by atoms with Crippen LogP contribution in [0, 0.1) is 16.7 Å². The second-order valence-corrected chi connectivity index (χ2v) is 15.4. The Morgan fingerprint density at radius 3 is 1.87 bits per heavy atom. The summed E-state index contributed by atoms with van der Waals surface area (Å²) >= 11 is 0. The molecule has 0 amide bonds. The van der Waals surface area contributed by atoms with Gasteiger partial charge in [0.2, 0.25) is 0 Å². The van der Waals surface area contributed by atoms with Gasteiger partial charge in [-0.15, -0.1) is 0 Å². The molecular formula is C31H36O5S2. The molecule has 2 bridgehead atoms. The van der Waals surface area contributed by atoms with Crippen molar-refractivity contribution < 1.29 is 21.6 Å². The normalized spacial score (nSPS) is 22.9. The van der Waals surface area contributed by atoms with Gasteiger partial charge in [0.1, 0.15) is 11.5 Å². The minimum atomic E-state index is -4.15. The van der Waals surface area contributed by atoms with Crippen molar-refractivity contribution in [2.75, 3.05) is 12.4 Å². The van der Waals surface area contributed by atoms with Crippen molar-refractivity contribution in [3.05, 3.63) is 84.9 Å². The fraction of sp³-hybridized carbons (Fsp3) is 0.387. The van der Waals surface area contributed by atoms with Gasteiger partial charge in [0.05, 0.1) is 17.8 Å². The second kappa shape index (κ2) is 10.2. The lowest BCUT2D eigenvalue weighted by atomic mass is 9.70. The van der Waals surface area contributed by atoms with E-state index in [9.17, 15) is 13.2 Å². The minimum absolute atomic E-state index is 0.0587. The maximum Gasteiger partial charge on any atom is 0.278 e. The van der Waals surface area contributed by atoms with Gasteiger partial charge in [-0.05, 0) is 89.4 Å². The molecule has 38 heavy (non-hydrogen) atoms. The molecule has 5 nitrogen and oxygen atoms in total. The number of carbonyl (C=O) groups excluding carboxylic acids is 1. The summed E-state index contributed by atoms with van der Waals surface area (Å²) in [7, 11) is -6.85. The van der Waals surface area contributed by atoms with Gasteiger partial charge >= 0.3 is 0 Å². The number of rotatable bonds is 10. The Kier molecular flexibility index (Phi) is 7.22. The van der Waals surface area contributed by atoms with Gasteiger partial charge in [0.25, 0.3) is 10.1 Å². The molecule has 2 fully saturated rings. The number of carbonyl (C=O) groups is 1. The predicted molar refractivity (Wildman–Crippen MR) is 151 cm³/mol. The van der Waals surface area contributed by atoms with Crippen LogP contribution in [0.4, 0.5) is 0 Å². The van der Waals surface area contributed by atoms with E-state index in [1.165, 1.54) is 0 Å². The predicted octanol–water partition coefficient (Wildman–Crippen LogP) is 7.41. The van der Waals surface area contributed by atoms with E-state index in [4.69, 9.17) is 8.37 Å². The molecule has 5 rings (SSSR count). The molecule has 2 aliphatic rings. The fourth-order valence-corrected chi connectivity index (χ4v) is 12.4. The average Bonchev–Trinajstić information content (AvgIpc) is 3.26.